The lowest BCUT2D eigenvalue weighted by Crippen LogP contribution is -3.00. The number of hydrogen-bond acceptors (Lipinski definition) is 1. The summed E-state index contributed by atoms with van der Waals surface area (Å²) in [4.78, 5) is 12.6. The van der Waals surface area contributed by atoms with Gasteiger partial charge in [-0.3, -0.25) is 4.79 Å². The smallest absolute Gasteiger partial charge is 0.257 e. The van der Waals surface area contributed by atoms with Crippen molar-refractivity contribution in [2.24, 2.45) is 0 Å². The van der Waals surface area contributed by atoms with Gasteiger partial charge in [0.05, 0.1) is 13.0 Å². The molecule has 0 aliphatic carbocycles. The Balaban J connectivity index is 0.00000182. The first-order chi connectivity index (χ1) is 11.7. The Kier molecular flexibility index (Phi) is 5.40. The fourth-order valence-corrected chi connectivity index (χ4v) is 3.49. The molecule has 3 aromatic rings. The summed E-state index contributed by atoms with van der Waals surface area (Å²) in [7, 11) is 0. The van der Waals surface area contributed by atoms with E-state index in [0.29, 0.717) is 17.1 Å². The number of imidazole rings is 1. The number of rotatable bonds is 4. The van der Waals surface area contributed by atoms with Crippen molar-refractivity contribution in [3.63, 3.8) is 0 Å². The van der Waals surface area contributed by atoms with Gasteiger partial charge in [-0.05, 0) is 30.7 Å². The molecule has 1 aliphatic rings. The molecule has 3 nitrogen and oxygen atoms in total. The van der Waals surface area contributed by atoms with Gasteiger partial charge in [0.15, 0.2) is 12.2 Å². The summed E-state index contributed by atoms with van der Waals surface area (Å²) in [6, 6.07) is 17.5. The number of benzene rings is 2. The monoisotopic (exact) mass is 416 g/mol. The predicted octanol–water partition coefficient (Wildman–Crippen LogP) is 0.929. The third-order valence-corrected chi connectivity index (χ3v) is 4.80. The molecule has 0 bridgehead atoms. The van der Waals surface area contributed by atoms with Crippen molar-refractivity contribution in [2.75, 3.05) is 0 Å². The Morgan fingerprint density at radius 3 is 2.52 bits per heavy atom. The highest BCUT2D eigenvalue weighted by Crippen LogP contribution is 2.24. The average Bonchev–Trinajstić information content (AvgIpc) is 3.20. The molecule has 0 N–H and O–H groups in total. The van der Waals surface area contributed by atoms with Crippen LogP contribution in [0.25, 0.3) is 11.3 Å². The third-order valence-electron chi connectivity index (χ3n) is 4.54. The van der Waals surface area contributed by atoms with Gasteiger partial charge < -0.3 is 17.0 Å². The maximum absolute atomic E-state index is 12.6. The summed E-state index contributed by atoms with van der Waals surface area (Å²) in [5.74, 6) is 1.34. The van der Waals surface area contributed by atoms with Crippen molar-refractivity contribution >= 4 is 17.4 Å². The molecule has 0 spiro atoms. The van der Waals surface area contributed by atoms with Gasteiger partial charge in [0.2, 0.25) is 5.78 Å². The Morgan fingerprint density at radius 2 is 1.80 bits per heavy atom. The van der Waals surface area contributed by atoms with Crippen molar-refractivity contribution in [1.29, 1.82) is 0 Å². The van der Waals surface area contributed by atoms with Crippen LogP contribution in [0.1, 0.15) is 22.6 Å². The van der Waals surface area contributed by atoms with Crippen LogP contribution in [0.15, 0.2) is 60.8 Å². The molecule has 1 aromatic heterocycles. The Hall–Kier alpha value is -1.91. The predicted molar refractivity (Wildman–Crippen MR) is 94.2 cm³/mol. The van der Waals surface area contributed by atoms with Gasteiger partial charge in [0.1, 0.15) is 6.20 Å². The van der Waals surface area contributed by atoms with Crippen LogP contribution in [0.5, 0.6) is 0 Å². The molecule has 0 atom stereocenters. The van der Waals surface area contributed by atoms with Crippen molar-refractivity contribution < 1.29 is 26.3 Å². The van der Waals surface area contributed by atoms with Gasteiger partial charge in [-0.2, -0.15) is 0 Å². The SMILES string of the molecule is O=C(C[n+]1cc(-c2ccccc2)n2c1CCC2)c1ccc(Cl)cc1.[Br-]. The van der Waals surface area contributed by atoms with Gasteiger partial charge >= 0.3 is 0 Å². The van der Waals surface area contributed by atoms with Crippen LogP contribution in [0, 0.1) is 0 Å². The Labute approximate surface area is 162 Å². The first kappa shape index (κ1) is 17.9. The number of carbonyl (C=O) groups is 1. The number of fused-ring (bicyclic) bond motifs is 1. The van der Waals surface area contributed by atoms with Crippen LogP contribution >= 0.6 is 11.6 Å². The van der Waals surface area contributed by atoms with Crippen molar-refractivity contribution in [1.82, 2.24) is 4.57 Å². The number of Topliss-reactive ketones (excluding diaryl/α,β-unsaturated/α-hetero) is 1. The van der Waals surface area contributed by atoms with Gasteiger partial charge in [0.25, 0.3) is 5.82 Å². The highest BCUT2D eigenvalue weighted by atomic mass is 79.9. The highest BCUT2D eigenvalue weighted by molar-refractivity contribution is 6.30. The summed E-state index contributed by atoms with van der Waals surface area (Å²) in [6.45, 7) is 1.38. The third kappa shape index (κ3) is 3.55. The van der Waals surface area contributed by atoms with Crippen LogP contribution in [0.4, 0.5) is 0 Å². The molecule has 0 saturated heterocycles. The number of carbonyl (C=O) groups excluding carboxylic acids is 1. The molecule has 0 fully saturated rings. The molecule has 0 amide bonds. The van der Waals surface area contributed by atoms with E-state index in [2.05, 4.69) is 27.5 Å². The van der Waals surface area contributed by atoms with Crippen molar-refractivity contribution in [3.05, 3.63) is 77.2 Å². The van der Waals surface area contributed by atoms with Gasteiger partial charge in [-0.25, -0.2) is 9.13 Å². The highest BCUT2D eigenvalue weighted by Gasteiger charge is 2.29. The lowest BCUT2D eigenvalue weighted by molar-refractivity contribution is -0.689. The zero-order valence-corrected chi connectivity index (χ0v) is 16.0. The minimum Gasteiger partial charge on any atom is -1.00 e. The maximum Gasteiger partial charge on any atom is 0.257 e. The second-order valence-corrected chi connectivity index (χ2v) is 6.55. The molecule has 5 heteroatoms. The van der Waals surface area contributed by atoms with E-state index in [4.69, 9.17) is 11.6 Å². The zero-order chi connectivity index (χ0) is 16.5. The van der Waals surface area contributed by atoms with Gasteiger partial charge in [0, 0.05) is 16.1 Å². The summed E-state index contributed by atoms with van der Waals surface area (Å²) in [5, 5.41) is 0.648. The largest absolute Gasteiger partial charge is 1.00 e. The number of nitrogens with zero attached hydrogens (tertiary/aromatic N) is 2. The molecule has 1 aliphatic heterocycles. The van der Waals surface area contributed by atoms with Gasteiger partial charge in [-0.15, -0.1) is 0 Å². The van der Waals surface area contributed by atoms with Crippen molar-refractivity contribution in [2.45, 2.75) is 25.9 Å². The summed E-state index contributed by atoms with van der Waals surface area (Å²) in [6.07, 6.45) is 4.25. The molecule has 128 valence electrons. The van der Waals surface area contributed by atoms with Crippen LogP contribution in [0.3, 0.4) is 0 Å². The normalized spacial score (nSPS) is 12.5. The van der Waals surface area contributed by atoms with E-state index in [-0.39, 0.29) is 22.8 Å². The van der Waals surface area contributed by atoms with Crippen LogP contribution in [-0.2, 0) is 19.5 Å². The minimum atomic E-state index is 0. The summed E-state index contributed by atoms with van der Waals surface area (Å²) in [5.41, 5.74) is 3.08. The maximum atomic E-state index is 12.6. The van der Waals surface area contributed by atoms with E-state index in [0.717, 1.165) is 19.4 Å². The number of ketones is 1. The Morgan fingerprint density at radius 1 is 1.08 bits per heavy atom. The molecule has 2 heterocycles. The molecule has 0 unspecified atom stereocenters. The van der Waals surface area contributed by atoms with E-state index in [9.17, 15) is 4.79 Å². The van der Waals surface area contributed by atoms with E-state index in [1.165, 1.54) is 17.1 Å². The summed E-state index contributed by atoms with van der Waals surface area (Å²) >= 11 is 5.90. The zero-order valence-electron chi connectivity index (χ0n) is 13.7. The minimum absolute atomic E-state index is 0. The van der Waals surface area contributed by atoms with E-state index < -0.39 is 0 Å². The van der Waals surface area contributed by atoms with E-state index >= 15 is 0 Å². The van der Waals surface area contributed by atoms with E-state index in [1.807, 2.05) is 18.2 Å². The molecule has 4 rings (SSSR count). The molecule has 2 aromatic carbocycles. The fraction of sp³-hybridized carbons (Fsp3) is 0.200. The quantitative estimate of drug-likeness (QED) is 0.458. The molecule has 0 saturated carbocycles. The fourth-order valence-electron chi connectivity index (χ4n) is 3.37. The number of halogens is 2. The van der Waals surface area contributed by atoms with Crippen LogP contribution in [0.2, 0.25) is 5.02 Å². The first-order valence-corrected chi connectivity index (χ1v) is 8.56. The van der Waals surface area contributed by atoms with Crippen molar-refractivity contribution in [3.8, 4) is 11.3 Å². The van der Waals surface area contributed by atoms with Crippen LogP contribution < -0.4 is 21.5 Å². The second kappa shape index (κ2) is 7.54. The standard InChI is InChI=1S/C20H18ClN2O.BrH/c21-17-10-8-16(9-11-17)19(24)14-22-13-18(15-5-2-1-3-6-15)23-12-4-7-20(22)23;/h1-3,5-6,8-11,13H,4,7,12,14H2;1H/q+1;/p-1. The number of hydrogen-bond donors (Lipinski definition) is 0. The lowest BCUT2D eigenvalue weighted by Gasteiger charge is -2.00. The number of aromatic nitrogens is 2. The van der Waals surface area contributed by atoms with Crippen LogP contribution in [-0.4, -0.2) is 10.4 Å². The lowest BCUT2D eigenvalue weighted by atomic mass is 10.1. The van der Waals surface area contributed by atoms with E-state index in [1.54, 1.807) is 24.3 Å². The molecular weight excluding hydrogens is 400 g/mol. The Bertz CT molecular complexity index is 888. The molecule has 0 radical (unpaired) electrons. The first-order valence-electron chi connectivity index (χ1n) is 8.18. The van der Waals surface area contributed by atoms with Gasteiger partial charge in [-0.1, -0.05) is 41.9 Å². The molecule has 25 heavy (non-hydrogen) atoms. The topological polar surface area (TPSA) is 25.9 Å². The second-order valence-electron chi connectivity index (χ2n) is 6.11. The summed E-state index contributed by atoms with van der Waals surface area (Å²) < 4.78 is 4.44. The average molecular weight is 418 g/mol. The molecular formula is C20H18BrClN2O.